The maximum atomic E-state index is 12.1. The number of nitrogens with one attached hydrogen (secondary N) is 2. The van der Waals surface area contributed by atoms with Crippen LogP contribution < -0.4 is 16.6 Å². The number of carbonyl (C=O) groups is 1. The monoisotopic (exact) mass is 277 g/mol. The van der Waals surface area contributed by atoms with Gasteiger partial charge in [-0.25, -0.2) is 10.8 Å². The number of anilines is 2. The van der Waals surface area contributed by atoms with Gasteiger partial charge in [-0.3, -0.25) is 9.78 Å². The molecule has 0 fully saturated rings. The van der Waals surface area contributed by atoms with Crippen LogP contribution in [-0.2, 0) is 0 Å². The highest BCUT2D eigenvalue weighted by Crippen LogP contribution is 2.18. The van der Waals surface area contributed by atoms with Crippen LogP contribution in [0.15, 0.2) is 30.5 Å². The summed E-state index contributed by atoms with van der Waals surface area (Å²) in [5.41, 5.74) is 3.78. The van der Waals surface area contributed by atoms with Crippen molar-refractivity contribution in [1.29, 1.82) is 0 Å². The topological polar surface area (TPSA) is 92.9 Å². The first-order valence-electron chi connectivity index (χ1n) is 5.48. The molecule has 0 spiro atoms. The summed E-state index contributed by atoms with van der Waals surface area (Å²) in [4.78, 5) is 20.2. The van der Waals surface area contributed by atoms with E-state index in [-0.39, 0.29) is 10.7 Å². The van der Waals surface area contributed by atoms with Gasteiger partial charge in [0.25, 0.3) is 5.91 Å². The van der Waals surface area contributed by atoms with E-state index in [1.807, 2.05) is 0 Å². The molecular formula is C12H12ClN5O. The molecule has 2 aromatic rings. The molecule has 0 radical (unpaired) electrons. The number of rotatable bonds is 3. The largest absolute Gasteiger partial charge is 0.319 e. The fourth-order valence-electron chi connectivity index (χ4n) is 1.48. The number of halogens is 1. The van der Waals surface area contributed by atoms with Gasteiger partial charge >= 0.3 is 0 Å². The molecule has 6 nitrogen and oxygen atoms in total. The van der Waals surface area contributed by atoms with E-state index in [2.05, 4.69) is 20.7 Å². The molecule has 0 bridgehead atoms. The van der Waals surface area contributed by atoms with Crippen LogP contribution in [0.3, 0.4) is 0 Å². The predicted molar refractivity (Wildman–Crippen MR) is 74.0 cm³/mol. The van der Waals surface area contributed by atoms with E-state index in [9.17, 15) is 4.79 Å². The van der Waals surface area contributed by atoms with Gasteiger partial charge in [0.15, 0.2) is 0 Å². The van der Waals surface area contributed by atoms with Crippen LogP contribution in [0.4, 0.5) is 11.5 Å². The van der Waals surface area contributed by atoms with Crippen LogP contribution in [0.5, 0.6) is 0 Å². The van der Waals surface area contributed by atoms with Gasteiger partial charge in [0, 0.05) is 6.20 Å². The van der Waals surface area contributed by atoms with E-state index in [0.29, 0.717) is 17.2 Å². The highest BCUT2D eigenvalue weighted by atomic mass is 35.5. The lowest BCUT2D eigenvalue weighted by Crippen LogP contribution is -2.17. The highest BCUT2D eigenvalue weighted by Gasteiger charge is 2.14. The normalized spacial score (nSPS) is 10.1. The molecule has 0 aliphatic carbocycles. The Kier molecular flexibility index (Phi) is 3.94. The number of nitrogens with two attached hydrogens (primary N) is 1. The number of nitrogen functional groups attached to an aromatic ring is 1. The maximum absolute atomic E-state index is 12.1. The molecule has 0 atom stereocenters. The molecule has 0 aliphatic rings. The van der Waals surface area contributed by atoms with Crippen LogP contribution in [0.25, 0.3) is 0 Å². The molecule has 2 rings (SSSR count). The highest BCUT2D eigenvalue weighted by molar-refractivity contribution is 6.34. The average molecular weight is 278 g/mol. The van der Waals surface area contributed by atoms with Gasteiger partial charge in [-0.2, -0.15) is 0 Å². The lowest BCUT2D eigenvalue weighted by molar-refractivity contribution is 0.102. The van der Waals surface area contributed by atoms with Crippen molar-refractivity contribution in [3.05, 3.63) is 46.9 Å². The van der Waals surface area contributed by atoms with Crippen molar-refractivity contribution < 1.29 is 4.79 Å². The van der Waals surface area contributed by atoms with Crippen LogP contribution in [-0.4, -0.2) is 15.9 Å². The van der Waals surface area contributed by atoms with E-state index >= 15 is 0 Å². The molecule has 98 valence electrons. The Morgan fingerprint density at radius 1 is 1.37 bits per heavy atom. The molecule has 0 aromatic carbocycles. The molecule has 0 unspecified atom stereocenters. The minimum Gasteiger partial charge on any atom is -0.319 e. The number of aryl methyl sites for hydroxylation is 1. The third-order valence-corrected chi connectivity index (χ3v) is 2.77. The Labute approximate surface area is 115 Å². The SMILES string of the molecule is Cc1ncccc1NC(=O)c1nc(NN)ccc1Cl. The molecule has 7 heteroatoms. The predicted octanol–water partition coefficient (Wildman–Crippen LogP) is 1.98. The summed E-state index contributed by atoms with van der Waals surface area (Å²) in [6.07, 6.45) is 1.65. The third-order valence-electron chi connectivity index (χ3n) is 2.46. The Morgan fingerprint density at radius 2 is 2.16 bits per heavy atom. The van der Waals surface area contributed by atoms with Crippen molar-refractivity contribution in [2.45, 2.75) is 6.92 Å². The zero-order valence-electron chi connectivity index (χ0n) is 10.1. The van der Waals surface area contributed by atoms with E-state index in [1.165, 1.54) is 0 Å². The number of nitrogens with zero attached hydrogens (tertiary/aromatic N) is 2. The molecule has 0 saturated heterocycles. The van der Waals surface area contributed by atoms with Crippen LogP contribution in [0.1, 0.15) is 16.2 Å². The summed E-state index contributed by atoms with van der Waals surface area (Å²) in [5.74, 6) is 5.19. The van der Waals surface area contributed by atoms with Crippen molar-refractivity contribution in [3.63, 3.8) is 0 Å². The van der Waals surface area contributed by atoms with Crippen LogP contribution in [0.2, 0.25) is 5.02 Å². The second-order valence-corrected chi connectivity index (χ2v) is 4.17. The summed E-state index contributed by atoms with van der Waals surface area (Å²) in [6, 6.07) is 6.61. The van der Waals surface area contributed by atoms with Gasteiger partial charge in [-0.15, -0.1) is 0 Å². The smallest absolute Gasteiger partial charge is 0.275 e. The Hall–Kier alpha value is -2.18. The Morgan fingerprint density at radius 3 is 2.84 bits per heavy atom. The molecule has 1 amide bonds. The van der Waals surface area contributed by atoms with Crippen LogP contribution >= 0.6 is 11.6 Å². The minimum atomic E-state index is -0.418. The molecule has 2 aromatic heterocycles. The number of aromatic nitrogens is 2. The molecule has 0 aliphatic heterocycles. The fourth-order valence-corrected chi connectivity index (χ4v) is 1.67. The molecule has 2 heterocycles. The second-order valence-electron chi connectivity index (χ2n) is 3.76. The van der Waals surface area contributed by atoms with Gasteiger partial charge in [0.2, 0.25) is 0 Å². The number of hydrogen-bond acceptors (Lipinski definition) is 5. The standard InChI is InChI=1S/C12H12ClN5O/c1-7-9(3-2-6-15-7)16-12(19)11-8(13)4-5-10(17-11)18-14/h2-6H,14H2,1H3,(H,16,19)(H,17,18). The minimum absolute atomic E-state index is 0.0976. The number of carbonyl (C=O) groups excluding carboxylic acids is 1. The summed E-state index contributed by atoms with van der Waals surface area (Å²) in [5, 5.41) is 2.95. The lowest BCUT2D eigenvalue weighted by atomic mass is 10.3. The lowest BCUT2D eigenvalue weighted by Gasteiger charge is -2.09. The van der Waals surface area contributed by atoms with E-state index in [4.69, 9.17) is 17.4 Å². The van der Waals surface area contributed by atoms with E-state index in [1.54, 1.807) is 37.4 Å². The van der Waals surface area contributed by atoms with Crippen molar-refractivity contribution in [3.8, 4) is 0 Å². The first-order chi connectivity index (χ1) is 9.11. The number of hydrazine groups is 1. The first kappa shape index (κ1) is 13.3. The van der Waals surface area contributed by atoms with Crippen molar-refractivity contribution in [1.82, 2.24) is 9.97 Å². The van der Waals surface area contributed by atoms with Gasteiger partial charge < -0.3 is 10.7 Å². The molecule has 4 N–H and O–H groups in total. The Bertz CT molecular complexity index is 617. The average Bonchev–Trinajstić information content (AvgIpc) is 2.42. The molecule has 0 saturated carbocycles. The Balaban J connectivity index is 2.28. The first-order valence-corrected chi connectivity index (χ1v) is 5.85. The maximum Gasteiger partial charge on any atom is 0.275 e. The molecular weight excluding hydrogens is 266 g/mol. The second kappa shape index (κ2) is 5.64. The quantitative estimate of drug-likeness (QED) is 0.589. The van der Waals surface area contributed by atoms with E-state index < -0.39 is 5.91 Å². The van der Waals surface area contributed by atoms with Gasteiger partial charge in [-0.1, -0.05) is 11.6 Å². The third kappa shape index (κ3) is 2.98. The van der Waals surface area contributed by atoms with Crippen molar-refractivity contribution in [2.24, 2.45) is 5.84 Å². The number of amides is 1. The summed E-state index contributed by atoms with van der Waals surface area (Å²) >= 11 is 5.95. The van der Waals surface area contributed by atoms with Gasteiger partial charge in [-0.05, 0) is 31.2 Å². The van der Waals surface area contributed by atoms with Crippen LogP contribution in [0, 0.1) is 6.92 Å². The van der Waals surface area contributed by atoms with Gasteiger partial charge in [0.1, 0.15) is 11.5 Å². The molecule has 19 heavy (non-hydrogen) atoms. The summed E-state index contributed by atoms with van der Waals surface area (Å²) in [6.45, 7) is 1.79. The number of hydrogen-bond donors (Lipinski definition) is 3. The van der Waals surface area contributed by atoms with E-state index in [0.717, 1.165) is 0 Å². The zero-order chi connectivity index (χ0) is 13.8. The summed E-state index contributed by atoms with van der Waals surface area (Å²) in [7, 11) is 0. The number of pyridine rings is 2. The summed E-state index contributed by atoms with van der Waals surface area (Å²) < 4.78 is 0. The fraction of sp³-hybridized carbons (Fsp3) is 0.0833. The van der Waals surface area contributed by atoms with Crippen molar-refractivity contribution >= 4 is 29.0 Å². The zero-order valence-corrected chi connectivity index (χ0v) is 10.9. The van der Waals surface area contributed by atoms with Gasteiger partial charge in [0.05, 0.1) is 16.4 Å². The van der Waals surface area contributed by atoms with Crippen molar-refractivity contribution in [2.75, 3.05) is 10.7 Å².